The van der Waals surface area contributed by atoms with Gasteiger partial charge in [0.15, 0.2) is 0 Å². The summed E-state index contributed by atoms with van der Waals surface area (Å²) in [6.45, 7) is 8.39. The third-order valence-corrected chi connectivity index (χ3v) is 2.17. The summed E-state index contributed by atoms with van der Waals surface area (Å²) >= 11 is 0. The fourth-order valence-corrected chi connectivity index (χ4v) is 0.932. The van der Waals surface area contributed by atoms with Gasteiger partial charge >= 0.3 is 0 Å². The fourth-order valence-electron chi connectivity index (χ4n) is 0.932. The highest BCUT2D eigenvalue weighted by molar-refractivity contribution is 5.75. The Morgan fingerprint density at radius 2 is 2.07 bits per heavy atom. The molecule has 3 nitrogen and oxygen atoms in total. The quantitative estimate of drug-likeness (QED) is 0.610. The number of hydrogen-bond acceptors (Lipinski definition) is 2. The maximum Gasteiger partial charge on any atom is 0.222 e. The minimum Gasteiger partial charge on any atom is -0.381 e. The van der Waals surface area contributed by atoms with Crippen LogP contribution in [0.15, 0.2) is 0 Å². The van der Waals surface area contributed by atoms with E-state index in [9.17, 15) is 4.79 Å². The van der Waals surface area contributed by atoms with E-state index in [0.717, 1.165) is 26.0 Å². The maximum atomic E-state index is 11.2. The molecule has 0 aromatic heterocycles. The molecule has 1 unspecified atom stereocenters. The summed E-state index contributed by atoms with van der Waals surface area (Å²) in [6, 6.07) is 0. The first kappa shape index (κ1) is 13.4. The molecule has 0 heterocycles. The van der Waals surface area contributed by atoms with Gasteiger partial charge in [0.2, 0.25) is 5.91 Å². The molecule has 1 amide bonds. The summed E-state index contributed by atoms with van der Waals surface area (Å²) in [7, 11) is 0. The van der Waals surface area contributed by atoms with Crippen LogP contribution in [0.25, 0.3) is 0 Å². The van der Waals surface area contributed by atoms with Crippen molar-refractivity contribution in [1.82, 2.24) is 5.32 Å². The molecule has 1 atom stereocenters. The van der Waals surface area contributed by atoms with E-state index in [1.54, 1.807) is 0 Å². The number of ether oxygens (including phenoxy) is 1. The molecule has 0 spiro atoms. The van der Waals surface area contributed by atoms with Crippen LogP contribution in [0.2, 0.25) is 0 Å². The Morgan fingerprint density at radius 1 is 1.36 bits per heavy atom. The molecule has 0 fully saturated rings. The van der Waals surface area contributed by atoms with Crippen molar-refractivity contribution in [3.8, 4) is 0 Å². The van der Waals surface area contributed by atoms with E-state index in [1.165, 1.54) is 0 Å². The summed E-state index contributed by atoms with van der Waals surface area (Å²) in [5, 5.41) is 2.89. The Hall–Kier alpha value is -0.570. The highest BCUT2D eigenvalue weighted by Crippen LogP contribution is 1.97. The average molecular weight is 201 g/mol. The number of hydrogen-bond donors (Lipinski definition) is 1. The first-order chi connectivity index (χ1) is 6.70. The number of nitrogens with one attached hydrogen (secondary N) is 1. The van der Waals surface area contributed by atoms with Crippen molar-refractivity contribution in [3.63, 3.8) is 0 Å². The van der Waals surface area contributed by atoms with Crippen molar-refractivity contribution >= 4 is 5.91 Å². The molecule has 0 rings (SSSR count). The number of carbonyl (C=O) groups excluding carboxylic acids is 1. The normalized spacial score (nSPS) is 12.5. The van der Waals surface area contributed by atoms with Crippen LogP contribution in [0.3, 0.4) is 0 Å². The molecule has 84 valence electrons. The van der Waals surface area contributed by atoms with E-state index in [1.807, 2.05) is 0 Å². The van der Waals surface area contributed by atoms with Gasteiger partial charge in [-0.1, -0.05) is 27.2 Å². The lowest BCUT2D eigenvalue weighted by Gasteiger charge is -2.09. The van der Waals surface area contributed by atoms with E-state index >= 15 is 0 Å². The molecule has 3 heteroatoms. The van der Waals surface area contributed by atoms with Crippen LogP contribution in [0.5, 0.6) is 0 Å². The molecule has 0 bridgehead atoms. The van der Waals surface area contributed by atoms with Gasteiger partial charge in [-0.3, -0.25) is 4.79 Å². The minimum absolute atomic E-state index is 0.0985. The Morgan fingerprint density at radius 3 is 2.64 bits per heavy atom. The molecular formula is C11H23NO2. The van der Waals surface area contributed by atoms with E-state index in [-0.39, 0.29) is 5.91 Å². The lowest BCUT2D eigenvalue weighted by Crippen LogP contribution is -2.28. The van der Waals surface area contributed by atoms with Crippen molar-refractivity contribution in [1.29, 1.82) is 0 Å². The van der Waals surface area contributed by atoms with Crippen LogP contribution < -0.4 is 5.32 Å². The lowest BCUT2D eigenvalue weighted by molar-refractivity contribution is -0.122. The standard InChI is InChI=1S/C11H23NO2/c1-4-7-14-8-6-11(13)12-9-10(3)5-2/h10H,4-9H2,1-3H3,(H,12,13). The van der Waals surface area contributed by atoms with Crippen molar-refractivity contribution in [2.24, 2.45) is 5.92 Å². The zero-order valence-electron chi connectivity index (χ0n) is 9.64. The molecular weight excluding hydrogens is 178 g/mol. The van der Waals surface area contributed by atoms with Gasteiger partial charge in [0.05, 0.1) is 6.61 Å². The van der Waals surface area contributed by atoms with Gasteiger partial charge in [0, 0.05) is 19.6 Å². The van der Waals surface area contributed by atoms with E-state index in [0.29, 0.717) is 18.9 Å². The second-order valence-corrected chi connectivity index (χ2v) is 3.68. The minimum atomic E-state index is 0.0985. The predicted octanol–water partition coefficient (Wildman–Crippen LogP) is 1.97. The van der Waals surface area contributed by atoms with Crippen LogP contribution in [0.1, 0.15) is 40.0 Å². The third-order valence-electron chi connectivity index (χ3n) is 2.17. The largest absolute Gasteiger partial charge is 0.381 e. The van der Waals surface area contributed by atoms with Crippen molar-refractivity contribution in [3.05, 3.63) is 0 Å². The highest BCUT2D eigenvalue weighted by atomic mass is 16.5. The smallest absolute Gasteiger partial charge is 0.222 e. The summed E-state index contributed by atoms with van der Waals surface area (Å²) in [5.41, 5.74) is 0. The topological polar surface area (TPSA) is 38.3 Å². The van der Waals surface area contributed by atoms with E-state index in [2.05, 4.69) is 26.1 Å². The molecule has 0 saturated carbocycles. The van der Waals surface area contributed by atoms with Crippen molar-refractivity contribution in [2.45, 2.75) is 40.0 Å². The molecule has 1 N–H and O–H groups in total. The average Bonchev–Trinajstić information content (AvgIpc) is 2.21. The predicted molar refractivity (Wildman–Crippen MR) is 58.2 cm³/mol. The Labute approximate surface area is 87.2 Å². The second-order valence-electron chi connectivity index (χ2n) is 3.68. The van der Waals surface area contributed by atoms with Crippen molar-refractivity contribution in [2.75, 3.05) is 19.8 Å². The van der Waals surface area contributed by atoms with Gasteiger partial charge in [-0.2, -0.15) is 0 Å². The Kier molecular flexibility index (Phi) is 8.64. The molecule has 0 aromatic carbocycles. The van der Waals surface area contributed by atoms with Gasteiger partial charge in [0.25, 0.3) is 0 Å². The summed E-state index contributed by atoms with van der Waals surface area (Å²) < 4.78 is 5.23. The Balaban J connectivity index is 3.28. The number of rotatable bonds is 8. The molecule has 0 aliphatic heterocycles. The molecule has 14 heavy (non-hydrogen) atoms. The molecule has 0 aliphatic rings. The van der Waals surface area contributed by atoms with Gasteiger partial charge in [0.1, 0.15) is 0 Å². The summed E-state index contributed by atoms with van der Waals surface area (Å²) in [6.07, 6.45) is 2.59. The van der Waals surface area contributed by atoms with Gasteiger partial charge in [-0.05, 0) is 12.3 Å². The third kappa shape index (κ3) is 8.05. The van der Waals surface area contributed by atoms with Crippen LogP contribution in [-0.2, 0) is 9.53 Å². The molecule has 0 aromatic rings. The first-order valence-corrected chi connectivity index (χ1v) is 5.55. The summed E-state index contributed by atoms with van der Waals surface area (Å²) in [5.74, 6) is 0.664. The summed E-state index contributed by atoms with van der Waals surface area (Å²) in [4.78, 5) is 11.2. The second kappa shape index (κ2) is 9.00. The van der Waals surface area contributed by atoms with Gasteiger partial charge in [-0.15, -0.1) is 0 Å². The zero-order chi connectivity index (χ0) is 10.8. The SMILES string of the molecule is CCCOCCC(=O)NCC(C)CC. The molecule has 0 radical (unpaired) electrons. The maximum absolute atomic E-state index is 11.2. The first-order valence-electron chi connectivity index (χ1n) is 5.55. The van der Waals surface area contributed by atoms with Crippen molar-refractivity contribution < 1.29 is 9.53 Å². The van der Waals surface area contributed by atoms with Crippen LogP contribution in [-0.4, -0.2) is 25.7 Å². The zero-order valence-corrected chi connectivity index (χ0v) is 9.64. The lowest BCUT2D eigenvalue weighted by atomic mass is 10.1. The van der Waals surface area contributed by atoms with Crippen LogP contribution >= 0.6 is 0 Å². The fraction of sp³-hybridized carbons (Fsp3) is 0.909. The van der Waals surface area contributed by atoms with Gasteiger partial charge < -0.3 is 10.1 Å². The number of carbonyl (C=O) groups is 1. The van der Waals surface area contributed by atoms with E-state index in [4.69, 9.17) is 4.74 Å². The van der Waals surface area contributed by atoms with Gasteiger partial charge in [-0.25, -0.2) is 0 Å². The molecule has 0 aliphatic carbocycles. The van der Waals surface area contributed by atoms with Crippen LogP contribution in [0, 0.1) is 5.92 Å². The number of amides is 1. The van der Waals surface area contributed by atoms with Crippen LogP contribution in [0.4, 0.5) is 0 Å². The Bertz CT molecular complexity index is 148. The van der Waals surface area contributed by atoms with E-state index < -0.39 is 0 Å². The highest BCUT2D eigenvalue weighted by Gasteiger charge is 2.03. The molecule has 0 saturated heterocycles. The monoisotopic (exact) mass is 201 g/mol.